The lowest BCUT2D eigenvalue weighted by molar-refractivity contribution is 0.0935. The number of nitrogens with one attached hydrogen (secondary N) is 1. The van der Waals surface area contributed by atoms with E-state index < -0.39 is 0 Å². The molecule has 0 radical (unpaired) electrons. The fourth-order valence-corrected chi connectivity index (χ4v) is 2.65. The summed E-state index contributed by atoms with van der Waals surface area (Å²) in [4.78, 5) is 16.4. The average molecular weight is 289 g/mol. The van der Waals surface area contributed by atoms with Crippen molar-refractivity contribution in [2.75, 3.05) is 0 Å². The van der Waals surface area contributed by atoms with Crippen molar-refractivity contribution in [3.63, 3.8) is 0 Å². The number of benzene rings is 1. The number of nitrogens with two attached hydrogens (primary N) is 1. The Labute approximate surface area is 123 Å². The molecule has 0 bridgehead atoms. The van der Waals surface area contributed by atoms with E-state index in [2.05, 4.69) is 16.4 Å². The zero-order valence-corrected chi connectivity index (χ0v) is 12.7. The Bertz CT molecular complexity index is 607. The molecule has 2 rings (SSSR count). The van der Waals surface area contributed by atoms with Crippen LogP contribution in [0.5, 0.6) is 0 Å². The highest BCUT2D eigenvalue weighted by atomic mass is 32.1. The van der Waals surface area contributed by atoms with Crippen LogP contribution in [0.3, 0.4) is 0 Å². The van der Waals surface area contributed by atoms with E-state index >= 15 is 0 Å². The molecule has 0 aliphatic carbocycles. The maximum Gasteiger partial charge on any atom is 0.271 e. The predicted molar refractivity (Wildman–Crippen MR) is 81.8 cm³/mol. The van der Waals surface area contributed by atoms with Gasteiger partial charge >= 0.3 is 0 Å². The monoisotopic (exact) mass is 289 g/mol. The number of aromatic nitrogens is 1. The number of nitrogens with zero attached hydrogens (tertiary/aromatic N) is 1. The summed E-state index contributed by atoms with van der Waals surface area (Å²) in [6.07, 6.45) is 0. The van der Waals surface area contributed by atoms with Crippen LogP contribution in [-0.4, -0.2) is 10.9 Å². The van der Waals surface area contributed by atoms with E-state index in [0.717, 1.165) is 10.6 Å². The Morgan fingerprint density at radius 1 is 1.40 bits per heavy atom. The summed E-state index contributed by atoms with van der Waals surface area (Å²) in [6.45, 7) is 5.86. The smallest absolute Gasteiger partial charge is 0.271 e. The minimum atomic E-state index is -0.165. The number of rotatable bonds is 4. The molecule has 106 valence electrons. The Morgan fingerprint density at radius 3 is 2.75 bits per heavy atom. The summed E-state index contributed by atoms with van der Waals surface area (Å²) in [6, 6.07) is 7.90. The third kappa shape index (κ3) is 3.43. The van der Waals surface area contributed by atoms with Crippen molar-refractivity contribution >= 4 is 17.2 Å². The number of thiazole rings is 1. The van der Waals surface area contributed by atoms with Crippen molar-refractivity contribution < 1.29 is 4.79 Å². The van der Waals surface area contributed by atoms with Crippen LogP contribution in [-0.2, 0) is 0 Å². The molecule has 0 aliphatic heterocycles. The van der Waals surface area contributed by atoms with Gasteiger partial charge in [0.15, 0.2) is 0 Å². The zero-order valence-electron chi connectivity index (χ0n) is 11.9. The molecule has 1 heterocycles. The third-order valence-electron chi connectivity index (χ3n) is 3.03. The van der Waals surface area contributed by atoms with E-state index in [9.17, 15) is 4.79 Å². The van der Waals surface area contributed by atoms with Crippen LogP contribution in [0.25, 0.3) is 0 Å². The molecule has 1 unspecified atom stereocenters. The van der Waals surface area contributed by atoms with Crippen molar-refractivity contribution in [1.29, 1.82) is 0 Å². The van der Waals surface area contributed by atoms with Gasteiger partial charge in [-0.2, -0.15) is 0 Å². The minimum absolute atomic E-state index is 0.0529. The third-order valence-corrected chi connectivity index (χ3v) is 4.08. The normalized spacial score (nSPS) is 13.8. The first kappa shape index (κ1) is 14.7. The Morgan fingerprint density at radius 2 is 2.15 bits per heavy atom. The van der Waals surface area contributed by atoms with Crippen LogP contribution in [0.4, 0.5) is 0 Å². The van der Waals surface area contributed by atoms with Crippen LogP contribution < -0.4 is 11.1 Å². The van der Waals surface area contributed by atoms with Crippen LogP contribution in [0, 0.1) is 6.92 Å². The number of aryl methyl sites for hydroxylation is 1. The molecule has 20 heavy (non-hydrogen) atoms. The molecule has 1 amide bonds. The van der Waals surface area contributed by atoms with E-state index in [1.54, 1.807) is 5.38 Å². The van der Waals surface area contributed by atoms with Gasteiger partial charge in [0, 0.05) is 5.38 Å². The van der Waals surface area contributed by atoms with Crippen LogP contribution in [0.2, 0.25) is 0 Å². The lowest BCUT2D eigenvalue weighted by Gasteiger charge is -2.14. The second kappa shape index (κ2) is 6.15. The molecule has 0 fully saturated rings. The molecule has 1 aromatic heterocycles. The molecular formula is C15H19N3OS. The first-order valence-electron chi connectivity index (χ1n) is 6.56. The van der Waals surface area contributed by atoms with E-state index in [0.29, 0.717) is 5.69 Å². The minimum Gasteiger partial charge on any atom is -0.344 e. The van der Waals surface area contributed by atoms with Crippen LogP contribution in [0.1, 0.15) is 52.6 Å². The second-order valence-corrected chi connectivity index (χ2v) is 5.86. The van der Waals surface area contributed by atoms with Crippen molar-refractivity contribution in [3.8, 4) is 0 Å². The molecule has 2 aromatic rings. The Kier molecular flexibility index (Phi) is 4.52. The number of hydrogen-bond donors (Lipinski definition) is 2. The van der Waals surface area contributed by atoms with Gasteiger partial charge in [0.05, 0.1) is 12.1 Å². The average Bonchev–Trinajstić information content (AvgIpc) is 2.88. The molecular weight excluding hydrogens is 270 g/mol. The van der Waals surface area contributed by atoms with Gasteiger partial charge in [-0.15, -0.1) is 11.3 Å². The number of carbonyl (C=O) groups excluding carboxylic acids is 1. The summed E-state index contributed by atoms with van der Waals surface area (Å²) in [5.74, 6) is -0.165. The van der Waals surface area contributed by atoms with Gasteiger partial charge in [0.25, 0.3) is 5.91 Å². The summed E-state index contributed by atoms with van der Waals surface area (Å²) >= 11 is 1.41. The fraction of sp³-hybridized carbons (Fsp3) is 0.333. The Hall–Kier alpha value is -1.72. The zero-order chi connectivity index (χ0) is 14.7. The molecule has 1 aromatic carbocycles. The van der Waals surface area contributed by atoms with Crippen molar-refractivity contribution in [2.45, 2.75) is 32.9 Å². The molecule has 0 spiro atoms. The summed E-state index contributed by atoms with van der Waals surface area (Å²) in [5, 5.41) is 5.48. The predicted octanol–water partition coefficient (Wildman–Crippen LogP) is 2.96. The summed E-state index contributed by atoms with van der Waals surface area (Å²) < 4.78 is 0. The van der Waals surface area contributed by atoms with Gasteiger partial charge in [-0.25, -0.2) is 4.98 Å². The molecule has 4 nitrogen and oxygen atoms in total. The van der Waals surface area contributed by atoms with Gasteiger partial charge in [-0.3, -0.25) is 4.79 Å². The number of amides is 1. The van der Waals surface area contributed by atoms with E-state index in [1.165, 1.54) is 16.9 Å². The summed E-state index contributed by atoms with van der Waals surface area (Å²) in [7, 11) is 0. The van der Waals surface area contributed by atoms with Gasteiger partial charge in [-0.05, 0) is 26.3 Å². The highest BCUT2D eigenvalue weighted by Crippen LogP contribution is 2.18. The van der Waals surface area contributed by atoms with Crippen molar-refractivity contribution in [2.24, 2.45) is 5.73 Å². The van der Waals surface area contributed by atoms with Crippen molar-refractivity contribution in [1.82, 2.24) is 10.3 Å². The van der Waals surface area contributed by atoms with E-state index in [1.807, 2.05) is 39.0 Å². The lowest BCUT2D eigenvalue weighted by Crippen LogP contribution is -2.27. The highest BCUT2D eigenvalue weighted by molar-refractivity contribution is 7.09. The Balaban J connectivity index is 2.07. The SMILES string of the molecule is Cc1cccc([C@H](C)NC(=O)c2csc(C(C)N)n2)c1. The van der Waals surface area contributed by atoms with Gasteiger partial charge in [-0.1, -0.05) is 29.8 Å². The topological polar surface area (TPSA) is 68.0 Å². The van der Waals surface area contributed by atoms with E-state index in [4.69, 9.17) is 5.73 Å². The second-order valence-electron chi connectivity index (χ2n) is 4.97. The van der Waals surface area contributed by atoms with E-state index in [-0.39, 0.29) is 18.0 Å². The van der Waals surface area contributed by atoms with Gasteiger partial charge in [0.1, 0.15) is 10.7 Å². The van der Waals surface area contributed by atoms with Gasteiger partial charge in [0.2, 0.25) is 0 Å². The molecule has 0 saturated carbocycles. The molecule has 5 heteroatoms. The first-order valence-corrected chi connectivity index (χ1v) is 7.43. The summed E-state index contributed by atoms with van der Waals surface area (Å²) in [5.41, 5.74) is 8.45. The quantitative estimate of drug-likeness (QED) is 0.909. The fourth-order valence-electron chi connectivity index (χ4n) is 1.89. The highest BCUT2D eigenvalue weighted by Gasteiger charge is 2.15. The first-order chi connectivity index (χ1) is 9.47. The number of hydrogen-bond acceptors (Lipinski definition) is 4. The van der Waals surface area contributed by atoms with Crippen LogP contribution >= 0.6 is 11.3 Å². The molecule has 0 saturated heterocycles. The number of carbonyl (C=O) groups is 1. The maximum atomic E-state index is 12.1. The molecule has 3 N–H and O–H groups in total. The largest absolute Gasteiger partial charge is 0.344 e. The molecule has 0 aliphatic rings. The van der Waals surface area contributed by atoms with Crippen LogP contribution in [0.15, 0.2) is 29.6 Å². The maximum absolute atomic E-state index is 12.1. The van der Waals surface area contributed by atoms with Crippen molar-refractivity contribution in [3.05, 3.63) is 51.5 Å². The standard InChI is InChI=1S/C15H19N3OS/c1-9-5-4-6-12(7-9)11(3)17-14(19)13-8-20-15(18-13)10(2)16/h4-8,10-11H,16H2,1-3H3,(H,17,19)/t10?,11-/m0/s1. The van der Waals surface area contributed by atoms with Gasteiger partial charge < -0.3 is 11.1 Å². The molecule has 2 atom stereocenters. The lowest BCUT2D eigenvalue weighted by atomic mass is 10.1.